The van der Waals surface area contributed by atoms with E-state index in [1.807, 2.05) is 37.3 Å². The molecule has 5 nitrogen and oxygen atoms in total. The number of nitrogens with one attached hydrogen (secondary N) is 1. The molecular weight excluding hydrogens is 322 g/mol. The molecule has 6 heteroatoms. The molecule has 1 saturated heterocycles. The molecule has 2 aromatic carbocycles. The van der Waals surface area contributed by atoms with Gasteiger partial charge in [-0.2, -0.15) is 0 Å². The van der Waals surface area contributed by atoms with E-state index in [2.05, 4.69) is 10.3 Å². The maximum atomic E-state index is 12.1. The summed E-state index contributed by atoms with van der Waals surface area (Å²) < 4.78 is 0. The second-order valence-electron chi connectivity index (χ2n) is 5.28. The first kappa shape index (κ1) is 16.0. The first-order valence-electron chi connectivity index (χ1n) is 7.28. The Balaban J connectivity index is 1.89. The molecule has 1 aliphatic heterocycles. The van der Waals surface area contributed by atoms with Gasteiger partial charge in [-0.15, -0.1) is 0 Å². The molecular formula is C18H15N3O2S. The van der Waals surface area contributed by atoms with Gasteiger partial charge in [-0.3, -0.25) is 9.59 Å². The molecule has 1 fully saturated rings. The summed E-state index contributed by atoms with van der Waals surface area (Å²) in [5.41, 5.74) is 8.17. The number of aliphatic imine (C=N–C) groups is 1. The van der Waals surface area contributed by atoms with E-state index in [-0.39, 0.29) is 5.91 Å². The zero-order valence-electron chi connectivity index (χ0n) is 12.9. The molecule has 0 aliphatic carbocycles. The van der Waals surface area contributed by atoms with Gasteiger partial charge >= 0.3 is 0 Å². The van der Waals surface area contributed by atoms with E-state index in [0.717, 1.165) is 11.1 Å². The van der Waals surface area contributed by atoms with Gasteiger partial charge < -0.3 is 11.1 Å². The van der Waals surface area contributed by atoms with Crippen molar-refractivity contribution >= 4 is 40.5 Å². The molecule has 0 radical (unpaired) electrons. The molecule has 1 aliphatic rings. The third kappa shape index (κ3) is 3.55. The Morgan fingerprint density at radius 2 is 2.00 bits per heavy atom. The van der Waals surface area contributed by atoms with Gasteiger partial charge in [-0.1, -0.05) is 42.0 Å². The maximum absolute atomic E-state index is 12.1. The summed E-state index contributed by atoms with van der Waals surface area (Å²) in [6.07, 6.45) is 1.81. The number of benzene rings is 2. The quantitative estimate of drug-likeness (QED) is 0.845. The van der Waals surface area contributed by atoms with Gasteiger partial charge in [0, 0.05) is 0 Å². The molecule has 0 spiro atoms. The molecule has 3 N–H and O–H groups in total. The number of rotatable bonds is 3. The van der Waals surface area contributed by atoms with Gasteiger partial charge in [0.2, 0.25) is 0 Å². The molecule has 3 rings (SSSR count). The Bertz CT molecular complexity index is 887. The van der Waals surface area contributed by atoms with Crippen molar-refractivity contribution < 1.29 is 9.59 Å². The highest BCUT2D eigenvalue weighted by atomic mass is 32.2. The van der Waals surface area contributed by atoms with E-state index in [0.29, 0.717) is 21.3 Å². The molecule has 0 aromatic heterocycles. The SMILES string of the molecule is Cc1cccc(/C=C2\SC(=Nc3ccccc3C(N)=O)NC2=O)c1. The Labute approximate surface area is 143 Å². The van der Waals surface area contributed by atoms with Gasteiger partial charge in [-0.05, 0) is 42.5 Å². The van der Waals surface area contributed by atoms with Gasteiger partial charge in [0.05, 0.1) is 16.2 Å². The number of hydrogen-bond acceptors (Lipinski definition) is 4. The summed E-state index contributed by atoms with van der Waals surface area (Å²) >= 11 is 1.23. The van der Waals surface area contributed by atoms with Crippen LogP contribution in [0.2, 0.25) is 0 Å². The molecule has 0 unspecified atom stereocenters. The van der Waals surface area contributed by atoms with E-state index in [4.69, 9.17) is 5.73 Å². The number of carbonyl (C=O) groups excluding carboxylic acids is 2. The van der Waals surface area contributed by atoms with Crippen LogP contribution >= 0.6 is 11.8 Å². The number of nitrogens with two attached hydrogens (primary N) is 1. The number of amidine groups is 1. The summed E-state index contributed by atoms with van der Waals surface area (Å²) in [5.74, 6) is -0.767. The van der Waals surface area contributed by atoms with Crippen molar-refractivity contribution in [3.63, 3.8) is 0 Å². The summed E-state index contributed by atoms with van der Waals surface area (Å²) in [6.45, 7) is 2.00. The molecule has 0 saturated carbocycles. The number of nitrogens with zero attached hydrogens (tertiary/aromatic N) is 1. The van der Waals surface area contributed by atoms with Crippen LogP contribution in [0, 0.1) is 6.92 Å². The molecule has 120 valence electrons. The van der Waals surface area contributed by atoms with Crippen molar-refractivity contribution in [2.75, 3.05) is 0 Å². The smallest absolute Gasteiger partial charge is 0.264 e. The van der Waals surface area contributed by atoms with Crippen LogP contribution in [-0.4, -0.2) is 17.0 Å². The van der Waals surface area contributed by atoms with Gasteiger partial charge in [0.1, 0.15) is 0 Å². The van der Waals surface area contributed by atoms with Crippen molar-refractivity contribution in [3.05, 3.63) is 70.1 Å². The number of hydrogen-bond donors (Lipinski definition) is 2. The number of thioether (sulfide) groups is 1. The van der Waals surface area contributed by atoms with Gasteiger partial charge in [0.15, 0.2) is 5.17 Å². The average Bonchev–Trinajstić information content (AvgIpc) is 2.87. The van der Waals surface area contributed by atoms with E-state index in [1.54, 1.807) is 24.3 Å². The molecule has 2 aromatic rings. The number of carbonyl (C=O) groups is 2. The first-order chi connectivity index (χ1) is 11.5. The normalized spacial score (nSPS) is 17.3. The minimum atomic E-state index is -0.556. The molecule has 0 atom stereocenters. The number of aryl methyl sites for hydroxylation is 1. The zero-order valence-corrected chi connectivity index (χ0v) is 13.8. The lowest BCUT2D eigenvalue weighted by molar-refractivity contribution is -0.115. The Morgan fingerprint density at radius 3 is 2.75 bits per heavy atom. The zero-order chi connectivity index (χ0) is 17.1. The predicted octanol–water partition coefficient (Wildman–Crippen LogP) is 2.99. The van der Waals surface area contributed by atoms with Crippen molar-refractivity contribution in [2.45, 2.75) is 6.92 Å². The van der Waals surface area contributed by atoms with E-state index in [9.17, 15) is 9.59 Å². The Morgan fingerprint density at radius 1 is 1.21 bits per heavy atom. The van der Waals surface area contributed by atoms with Crippen molar-refractivity contribution in [1.29, 1.82) is 0 Å². The highest BCUT2D eigenvalue weighted by Crippen LogP contribution is 2.29. The molecule has 1 heterocycles. The lowest BCUT2D eigenvalue weighted by Crippen LogP contribution is -2.19. The lowest BCUT2D eigenvalue weighted by atomic mass is 10.1. The topological polar surface area (TPSA) is 84.5 Å². The van der Waals surface area contributed by atoms with Crippen LogP contribution in [0.25, 0.3) is 6.08 Å². The molecule has 0 bridgehead atoms. The van der Waals surface area contributed by atoms with E-state index in [1.165, 1.54) is 11.8 Å². The van der Waals surface area contributed by atoms with Crippen LogP contribution in [-0.2, 0) is 4.79 Å². The largest absolute Gasteiger partial charge is 0.366 e. The summed E-state index contributed by atoms with van der Waals surface area (Å²) in [6, 6.07) is 14.6. The minimum Gasteiger partial charge on any atom is -0.366 e. The Kier molecular flexibility index (Phi) is 4.48. The summed E-state index contributed by atoms with van der Waals surface area (Å²) in [7, 11) is 0. The average molecular weight is 337 g/mol. The van der Waals surface area contributed by atoms with Crippen LogP contribution in [0.4, 0.5) is 5.69 Å². The van der Waals surface area contributed by atoms with Crippen molar-refractivity contribution in [3.8, 4) is 0 Å². The van der Waals surface area contributed by atoms with Crippen LogP contribution in [0.15, 0.2) is 58.4 Å². The monoisotopic (exact) mass is 337 g/mol. The maximum Gasteiger partial charge on any atom is 0.264 e. The molecule has 24 heavy (non-hydrogen) atoms. The second-order valence-corrected chi connectivity index (χ2v) is 6.31. The van der Waals surface area contributed by atoms with Crippen molar-refractivity contribution in [2.24, 2.45) is 10.7 Å². The van der Waals surface area contributed by atoms with Gasteiger partial charge in [0.25, 0.3) is 11.8 Å². The summed E-state index contributed by atoms with van der Waals surface area (Å²) in [5, 5.41) is 3.13. The lowest BCUT2D eigenvalue weighted by Gasteiger charge is -2.01. The Hall–Kier alpha value is -2.86. The third-order valence-electron chi connectivity index (χ3n) is 3.38. The highest BCUT2D eigenvalue weighted by molar-refractivity contribution is 8.18. The van der Waals surface area contributed by atoms with E-state index >= 15 is 0 Å². The second kappa shape index (κ2) is 6.72. The minimum absolute atomic E-state index is 0.211. The van der Waals surface area contributed by atoms with Crippen LogP contribution in [0.5, 0.6) is 0 Å². The van der Waals surface area contributed by atoms with E-state index < -0.39 is 5.91 Å². The van der Waals surface area contributed by atoms with Crippen LogP contribution < -0.4 is 11.1 Å². The predicted molar refractivity (Wildman–Crippen MR) is 96.9 cm³/mol. The first-order valence-corrected chi connectivity index (χ1v) is 8.09. The van der Waals surface area contributed by atoms with Crippen molar-refractivity contribution in [1.82, 2.24) is 5.32 Å². The highest BCUT2D eigenvalue weighted by Gasteiger charge is 2.24. The standard InChI is InChI=1S/C18H15N3O2S/c1-11-5-4-6-12(9-11)10-15-17(23)21-18(24-15)20-14-8-3-2-7-13(14)16(19)22/h2-10H,1H3,(H2,19,22)(H,20,21,23)/b15-10-. The van der Waals surface area contributed by atoms with Gasteiger partial charge in [-0.25, -0.2) is 4.99 Å². The fourth-order valence-electron chi connectivity index (χ4n) is 2.28. The summed E-state index contributed by atoms with van der Waals surface area (Å²) in [4.78, 5) is 28.5. The number of primary amides is 1. The number of amides is 2. The van der Waals surface area contributed by atoms with Crippen LogP contribution in [0.1, 0.15) is 21.5 Å². The fourth-order valence-corrected chi connectivity index (χ4v) is 3.12. The van der Waals surface area contributed by atoms with Crippen LogP contribution in [0.3, 0.4) is 0 Å². The number of para-hydroxylation sites is 1. The fraction of sp³-hybridized carbons (Fsp3) is 0.0556. The molecule has 2 amide bonds. The third-order valence-corrected chi connectivity index (χ3v) is 4.29.